The Bertz CT molecular complexity index is 4160. The largest absolute Gasteiger partial charge is 0.457 e. The lowest BCUT2D eigenvalue weighted by atomic mass is 9.34. The van der Waals surface area contributed by atoms with Crippen molar-refractivity contribution in [3.05, 3.63) is 163 Å². The summed E-state index contributed by atoms with van der Waals surface area (Å²) in [5, 5.41) is 8.57. The van der Waals surface area contributed by atoms with E-state index < -0.39 is 6.71 Å². The molecule has 15 rings (SSSR count). The first-order chi connectivity index (χ1) is 33.5. The number of para-hydroxylation sites is 2. The molecule has 0 fully saturated rings. The molecule has 5 nitrogen and oxygen atoms in total. The first-order valence-electron chi connectivity index (χ1n) is 23.8. The smallest absolute Gasteiger partial charge is 0.270 e. The van der Waals surface area contributed by atoms with Gasteiger partial charge in [0.2, 0.25) is 0 Å². The van der Waals surface area contributed by atoms with Crippen LogP contribution in [0.2, 0.25) is 0 Å². The maximum Gasteiger partial charge on any atom is 0.270 e. The van der Waals surface area contributed by atoms with Crippen LogP contribution in [0.15, 0.2) is 165 Å². The summed E-state index contributed by atoms with van der Waals surface area (Å²) in [5.41, 5.74) is 14.2. The van der Waals surface area contributed by atoms with Crippen LogP contribution in [-0.2, 0) is 10.8 Å². The van der Waals surface area contributed by atoms with Crippen molar-refractivity contribution in [1.29, 1.82) is 0 Å². The molecule has 330 valence electrons. The van der Waals surface area contributed by atoms with Crippen LogP contribution >= 0.6 is 11.3 Å². The number of rotatable bonds is 2. The van der Waals surface area contributed by atoms with Crippen LogP contribution in [0.25, 0.3) is 108 Å². The van der Waals surface area contributed by atoms with Crippen molar-refractivity contribution in [1.82, 2.24) is 0 Å². The first kappa shape index (κ1) is 39.3. The predicted octanol–water partition coefficient (Wildman–Crippen LogP) is 16.4. The molecule has 6 heterocycles. The molecule has 9 aromatic carbocycles. The van der Waals surface area contributed by atoms with Gasteiger partial charge in [-0.15, -0.1) is 11.3 Å². The second kappa shape index (κ2) is 13.5. The summed E-state index contributed by atoms with van der Waals surface area (Å²) in [5.74, 6) is 2.88. The summed E-state index contributed by atoms with van der Waals surface area (Å²) in [4.78, 5) is 0. The lowest BCUT2D eigenvalue weighted by Crippen LogP contribution is -2.57. The van der Waals surface area contributed by atoms with E-state index >= 15 is 0 Å². The molecule has 0 atom stereocenters. The quantitative estimate of drug-likeness (QED) is 0.162. The molecule has 0 saturated carbocycles. The Kier molecular flexibility index (Phi) is 7.68. The van der Waals surface area contributed by atoms with E-state index in [1.807, 2.05) is 6.07 Å². The average molecular weight is 911 g/mol. The highest BCUT2D eigenvalue weighted by Gasteiger charge is 2.48. The van der Waals surface area contributed by atoms with Gasteiger partial charge in [0.25, 0.3) is 6.71 Å². The van der Waals surface area contributed by atoms with E-state index in [1.54, 1.807) is 11.3 Å². The fraction of sp³-hybridized carbons (Fsp3) is 0.129. The van der Waals surface area contributed by atoms with E-state index in [4.69, 9.17) is 22.7 Å². The van der Waals surface area contributed by atoms with Gasteiger partial charge in [0.05, 0.1) is 4.70 Å². The molecule has 2 aliphatic heterocycles. The van der Waals surface area contributed by atoms with E-state index in [-0.39, 0.29) is 10.8 Å². The first-order valence-corrected chi connectivity index (χ1v) is 24.7. The minimum absolute atomic E-state index is 0.0490. The van der Waals surface area contributed by atoms with Gasteiger partial charge in [-0.05, 0) is 92.7 Å². The maximum atomic E-state index is 7.56. The summed E-state index contributed by atoms with van der Waals surface area (Å²) < 4.78 is 38.9. The average Bonchev–Trinajstić information content (AvgIpc) is 4.13. The van der Waals surface area contributed by atoms with Crippen molar-refractivity contribution >= 4 is 120 Å². The molecule has 0 radical (unpaired) electrons. The van der Waals surface area contributed by atoms with Crippen LogP contribution in [0.5, 0.6) is 23.0 Å². The normalized spacial score (nSPS) is 13.6. The van der Waals surface area contributed by atoms with Crippen LogP contribution in [-0.4, -0.2) is 6.71 Å². The number of benzene rings is 9. The van der Waals surface area contributed by atoms with Gasteiger partial charge in [-0.3, -0.25) is 0 Å². The third-order valence-electron chi connectivity index (χ3n) is 14.9. The number of ether oxygens (including phenoxy) is 2. The molecule has 0 aliphatic carbocycles. The minimum atomic E-state index is -0.436. The van der Waals surface area contributed by atoms with Gasteiger partial charge in [-0.2, -0.15) is 0 Å². The topological polar surface area (TPSA) is 57.9 Å². The van der Waals surface area contributed by atoms with Crippen LogP contribution in [0, 0.1) is 0 Å². The summed E-state index contributed by atoms with van der Waals surface area (Å²) in [6.45, 7) is 13.2. The van der Waals surface area contributed by atoms with Crippen LogP contribution < -0.4 is 25.9 Å². The second-order valence-electron chi connectivity index (χ2n) is 21.1. The zero-order chi connectivity index (χ0) is 46.2. The van der Waals surface area contributed by atoms with Gasteiger partial charge in [-0.1, -0.05) is 145 Å². The van der Waals surface area contributed by atoms with Gasteiger partial charge < -0.3 is 22.7 Å². The third kappa shape index (κ3) is 5.37. The van der Waals surface area contributed by atoms with Crippen molar-refractivity contribution in [2.75, 3.05) is 0 Å². The summed E-state index contributed by atoms with van der Waals surface area (Å²) >= 11 is 1.79. The van der Waals surface area contributed by atoms with E-state index in [2.05, 4.69) is 187 Å². The Morgan fingerprint density at radius 3 is 1.58 bits per heavy atom. The molecule has 69 heavy (non-hydrogen) atoms. The van der Waals surface area contributed by atoms with Crippen molar-refractivity contribution in [3.63, 3.8) is 0 Å². The van der Waals surface area contributed by atoms with Crippen molar-refractivity contribution in [2.24, 2.45) is 0 Å². The highest BCUT2D eigenvalue weighted by molar-refractivity contribution is 7.26. The van der Waals surface area contributed by atoms with E-state index in [0.717, 1.165) is 120 Å². The molecule has 4 aromatic heterocycles. The Morgan fingerprint density at radius 1 is 0.406 bits per heavy atom. The highest BCUT2D eigenvalue weighted by Crippen LogP contribution is 2.53. The molecule has 0 bridgehead atoms. The second-order valence-corrected chi connectivity index (χ2v) is 22.1. The maximum absolute atomic E-state index is 7.56. The predicted molar refractivity (Wildman–Crippen MR) is 287 cm³/mol. The Morgan fingerprint density at radius 2 is 0.913 bits per heavy atom. The van der Waals surface area contributed by atoms with Gasteiger partial charge in [0.15, 0.2) is 11.3 Å². The van der Waals surface area contributed by atoms with Crippen molar-refractivity contribution in [2.45, 2.75) is 52.4 Å². The van der Waals surface area contributed by atoms with E-state index in [0.29, 0.717) is 17.1 Å². The summed E-state index contributed by atoms with van der Waals surface area (Å²) in [6, 6.07) is 54.0. The molecular weight excluding hydrogens is 868 g/mol. The monoisotopic (exact) mass is 910 g/mol. The molecule has 0 N–H and O–H groups in total. The molecule has 0 amide bonds. The van der Waals surface area contributed by atoms with Gasteiger partial charge in [-0.25, -0.2) is 0 Å². The lowest BCUT2D eigenvalue weighted by Gasteiger charge is -2.33. The van der Waals surface area contributed by atoms with Gasteiger partial charge >= 0.3 is 0 Å². The third-order valence-corrected chi connectivity index (χ3v) is 16.1. The van der Waals surface area contributed by atoms with Crippen LogP contribution in [0.1, 0.15) is 52.7 Å². The molecule has 13 aromatic rings. The Labute approximate surface area is 401 Å². The van der Waals surface area contributed by atoms with Gasteiger partial charge in [0, 0.05) is 64.2 Å². The molecule has 0 unspecified atom stereocenters. The Hall–Kier alpha value is -7.74. The SMILES string of the molecule is CC(C)(C)c1ccc2oc3c4c(c5oc6ccccc6c5c3c2c1)B1c2c(cc(-c3ccccc3-c3ccccc3)cc2Oc2c1c1oc3ccccc3c1c1c2sc2ccc(C(C)(C)C)cc21)O4. The number of fused-ring (bicyclic) bond motifs is 22. The number of hydrogen-bond donors (Lipinski definition) is 0. The fourth-order valence-electron chi connectivity index (χ4n) is 11.6. The summed E-state index contributed by atoms with van der Waals surface area (Å²) in [7, 11) is 0. The minimum Gasteiger partial charge on any atom is -0.457 e. The number of furan rings is 3. The fourth-order valence-corrected chi connectivity index (χ4v) is 12.7. The van der Waals surface area contributed by atoms with Crippen LogP contribution in [0.3, 0.4) is 0 Å². The van der Waals surface area contributed by atoms with E-state index in [1.165, 1.54) is 21.2 Å². The molecule has 0 spiro atoms. The zero-order valence-electron chi connectivity index (χ0n) is 39.0. The van der Waals surface area contributed by atoms with Gasteiger partial charge in [0.1, 0.15) is 45.2 Å². The molecular formula is C62H43BO5S. The molecule has 7 heteroatoms. The standard InChI is InChI=1S/C62H43BO5S/c1-61(2,3)34-24-26-44-40(30-34)50-48-38-20-12-14-22-42(38)64-55(48)53-58(57(50)66-44)67-45-28-33(37-19-11-10-18-36(37)32-16-8-7-9-17-32)29-46-52(45)63(53)54-56-49(39-21-13-15-23-43(39)65-56)51-41-31-35(62(4,5)6)25-27-47(41)69-60(51)59(54)68-46/h7-31H,1-6H3. The highest BCUT2D eigenvalue weighted by atomic mass is 32.1. The van der Waals surface area contributed by atoms with Crippen molar-refractivity contribution in [3.8, 4) is 45.3 Å². The molecule has 0 saturated heterocycles. The Balaban J connectivity index is 1.13. The van der Waals surface area contributed by atoms with Crippen LogP contribution in [0.4, 0.5) is 0 Å². The zero-order valence-corrected chi connectivity index (χ0v) is 39.8. The summed E-state index contributed by atoms with van der Waals surface area (Å²) in [6.07, 6.45) is 0. The number of hydrogen-bond acceptors (Lipinski definition) is 6. The van der Waals surface area contributed by atoms with E-state index in [9.17, 15) is 0 Å². The lowest BCUT2D eigenvalue weighted by molar-refractivity contribution is 0.464. The van der Waals surface area contributed by atoms with Crippen molar-refractivity contribution < 1.29 is 22.7 Å². The number of thiophene rings is 1. The molecule has 2 aliphatic rings.